The van der Waals surface area contributed by atoms with Gasteiger partial charge in [-0.15, -0.1) is 4.59 Å². The number of hydrogen-bond acceptors (Lipinski definition) is 7. The lowest BCUT2D eigenvalue weighted by molar-refractivity contribution is -0.852. The Morgan fingerprint density at radius 1 is 1.16 bits per heavy atom. The molecule has 4 N–H and O–H groups in total. The molecule has 2 aliphatic heterocycles. The van der Waals surface area contributed by atoms with Crippen LogP contribution >= 0.6 is 0 Å². The van der Waals surface area contributed by atoms with Crippen LogP contribution in [0.25, 0.3) is 16.7 Å². The van der Waals surface area contributed by atoms with Crippen molar-refractivity contribution < 1.29 is 17.8 Å². The second-order valence-electron chi connectivity index (χ2n) is 6.97. The van der Waals surface area contributed by atoms with Crippen LogP contribution < -0.4 is 11.1 Å². The van der Waals surface area contributed by atoms with E-state index >= 15 is 0 Å². The Morgan fingerprint density at radius 2 is 1.97 bits per heavy atom. The van der Waals surface area contributed by atoms with Gasteiger partial charge in [0.1, 0.15) is 18.0 Å². The second kappa shape index (κ2) is 6.74. The number of benzene rings is 1. The summed E-state index contributed by atoms with van der Waals surface area (Å²) in [5.74, 6) is 0.495. The summed E-state index contributed by atoms with van der Waals surface area (Å²) < 4.78 is 38.9. The Morgan fingerprint density at radius 3 is 2.71 bits per heavy atom. The molecule has 156 valence electrons. The lowest BCUT2D eigenvalue weighted by Crippen LogP contribution is -2.48. The van der Waals surface area contributed by atoms with E-state index in [1.54, 1.807) is 36.5 Å². The first-order chi connectivity index (χ1) is 14.8. The summed E-state index contributed by atoms with van der Waals surface area (Å²) in [7, 11) is 0. The van der Waals surface area contributed by atoms with Crippen LogP contribution in [0.4, 0.5) is 24.8 Å². The zero-order valence-corrected chi connectivity index (χ0v) is 15.8. The number of nitrogens with two attached hydrogens (primary N) is 1. The predicted molar refractivity (Wildman–Crippen MR) is 109 cm³/mol. The predicted octanol–water partition coefficient (Wildman–Crippen LogP) is 3.03. The van der Waals surface area contributed by atoms with Gasteiger partial charge in [0.05, 0.1) is 11.8 Å². The number of hydrogen-bond donors (Lipinski definition) is 3. The highest BCUT2D eigenvalue weighted by molar-refractivity contribution is 6.08. The van der Waals surface area contributed by atoms with Crippen molar-refractivity contribution >= 4 is 40.5 Å². The van der Waals surface area contributed by atoms with E-state index < -0.39 is 17.3 Å². The number of anilines is 2. The Hall–Kier alpha value is -4.06. The molecule has 0 spiro atoms. The number of aliphatic imine (C=N–C) groups is 1. The zero-order chi connectivity index (χ0) is 21.6. The third kappa shape index (κ3) is 3.42. The van der Waals surface area contributed by atoms with Gasteiger partial charge in [0, 0.05) is 11.8 Å². The SMILES string of the molecule is NC1=NC=N[N+]2(CC(F)(F)F)C=CC(c3ccc(Nc4nc5cncnc5[nH]4)cc3)=C12. The van der Waals surface area contributed by atoms with Gasteiger partial charge in [0.15, 0.2) is 17.8 Å². The van der Waals surface area contributed by atoms with E-state index in [9.17, 15) is 13.2 Å². The number of fused-ring (bicyclic) bond motifs is 2. The molecule has 1 atom stereocenters. The molecular formula is C19H15F3N9+. The summed E-state index contributed by atoms with van der Waals surface area (Å²) >= 11 is 0. The van der Waals surface area contributed by atoms with Crippen LogP contribution in [0, 0.1) is 0 Å². The number of nitrogens with one attached hydrogen (secondary N) is 2. The molecule has 0 saturated carbocycles. The number of H-pyrrole nitrogens is 1. The van der Waals surface area contributed by atoms with E-state index in [-0.39, 0.29) is 11.5 Å². The topological polar surface area (TPSA) is 117 Å². The van der Waals surface area contributed by atoms with E-state index in [1.165, 1.54) is 12.5 Å². The molecule has 2 aromatic heterocycles. The van der Waals surface area contributed by atoms with Crippen molar-refractivity contribution in [1.29, 1.82) is 0 Å². The van der Waals surface area contributed by atoms with Crippen LogP contribution in [0.2, 0.25) is 0 Å². The van der Waals surface area contributed by atoms with E-state index in [4.69, 9.17) is 5.73 Å². The van der Waals surface area contributed by atoms with Crippen molar-refractivity contribution in [2.75, 3.05) is 11.9 Å². The normalized spacial score (nSPS) is 20.3. The van der Waals surface area contributed by atoms with Gasteiger partial charge in [-0.1, -0.05) is 17.2 Å². The molecule has 0 saturated heterocycles. The van der Waals surface area contributed by atoms with Gasteiger partial charge < -0.3 is 16.0 Å². The summed E-state index contributed by atoms with van der Waals surface area (Å²) in [6.45, 7) is -1.20. The number of allylic oxidation sites excluding steroid dienone is 2. The largest absolute Gasteiger partial charge is 0.441 e. The number of amidine groups is 1. The number of rotatable bonds is 4. The van der Waals surface area contributed by atoms with E-state index in [0.717, 1.165) is 12.0 Å². The van der Waals surface area contributed by atoms with Crippen molar-refractivity contribution in [3.8, 4) is 0 Å². The number of imidazole rings is 1. The lowest BCUT2D eigenvalue weighted by Gasteiger charge is -2.29. The Balaban J connectivity index is 1.45. The first-order valence-corrected chi connectivity index (χ1v) is 9.12. The standard InChI is InChI=1S/C19H15F3N9/c20-19(21,22)8-31-6-5-13(15(31)16(23)25-10-27-31)11-1-3-12(4-2-11)28-18-29-14-7-24-9-26-17(14)30-18/h1-7,9-10H,8H2,(H2,23,25,27)(H2,24,26,28,29,30)/q+1. The Labute approximate surface area is 173 Å². The third-order valence-electron chi connectivity index (χ3n) is 4.87. The van der Waals surface area contributed by atoms with Gasteiger partial charge in [-0.25, -0.2) is 19.9 Å². The fourth-order valence-electron chi connectivity index (χ4n) is 3.60. The Kier molecular flexibility index (Phi) is 4.12. The summed E-state index contributed by atoms with van der Waals surface area (Å²) in [5, 5.41) is 7.09. The van der Waals surface area contributed by atoms with Crippen LogP contribution in [0.5, 0.6) is 0 Å². The molecule has 0 fully saturated rings. The van der Waals surface area contributed by atoms with Gasteiger partial charge in [-0.3, -0.25) is 0 Å². The molecular weight excluding hydrogens is 411 g/mol. The third-order valence-corrected chi connectivity index (χ3v) is 4.87. The van der Waals surface area contributed by atoms with Gasteiger partial charge >= 0.3 is 6.18 Å². The average molecular weight is 426 g/mol. The van der Waals surface area contributed by atoms with Crippen LogP contribution in [0.1, 0.15) is 5.56 Å². The summed E-state index contributed by atoms with van der Waals surface area (Å²) in [5.41, 5.74) is 9.33. The number of nitrogens with zero attached hydrogens (tertiary/aromatic N) is 6. The first kappa shape index (κ1) is 18.9. The minimum Gasteiger partial charge on any atom is -0.379 e. The molecule has 2 aliphatic rings. The maximum absolute atomic E-state index is 13.2. The minimum absolute atomic E-state index is 0.00448. The van der Waals surface area contributed by atoms with Gasteiger partial charge in [0.25, 0.3) is 0 Å². The molecule has 1 aromatic carbocycles. The van der Waals surface area contributed by atoms with E-state index in [1.807, 2.05) is 0 Å². The number of quaternary nitrogens is 1. The Bertz CT molecular complexity index is 1250. The molecule has 0 aliphatic carbocycles. The van der Waals surface area contributed by atoms with Crippen molar-refractivity contribution in [3.05, 3.63) is 60.3 Å². The van der Waals surface area contributed by atoms with Crippen molar-refractivity contribution in [2.24, 2.45) is 15.8 Å². The van der Waals surface area contributed by atoms with E-state index in [0.29, 0.717) is 28.2 Å². The number of aromatic nitrogens is 4. The fourth-order valence-corrected chi connectivity index (χ4v) is 3.60. The molecule has 31 heavy (non-hydrogen) atoms. The molecule has 3 aromatic rings. The molecule has 0 radical (unpaired) electrons. The molecule has 1 unspecified atom stereocenters. The highest BCUT2D eigenvalue weighted by Gasteiger charge is 2.50. The minimum atomic E-state index is -4.44. The van der Waals surface area contributed by atoms with E-state index in [2.05, 4.69) is 35.3 Å². The van der Waals surface area contributed by atoms with Gasteiger partial charge in [0.2, 0.25) is 18.2 Å². The summed E-state index contributed by atoms with van der Waals surface area (Å²) in [6.07, 6.45) is 2.60. The summed E-state index contributed by atoms with van der Waals surface area (Å²) in [4.78, 5) is 19.3. The zero-order valence-electron chi connectivity index (χ0n) is 15.8. The first-order valence-electron chi connectivity index (χ1n) is 9.12. The molecule has 5 rings (SSSR count). The molecule has 0 bridgehead atoms. The smallest absolute Gasteiger partial charge is 0.379 e. The van der Waals surface area contributed by atoms with Crippen molar-refractivity contribution in [1.82, 2.24) is 19.9 Å². The van der Waals surface area contributed by atoms with Crippen LogP contribution in [0.15, 0.2) is 64.9 Å². The monoisotopic (exact) mass is 426 g/mol. The number of aromatic amines is 1. The van der Waals surface area contributed by atoms with Crippen molar-refractivity contribution in [3.63, 3.8) is 0 Å². The fraction of sp³-hybridized carbons (Fsp3) is 0.105. The summed E-state index contributed by atoms with van der Waals surface area (Å²) in [6, 6.07) is 7.12. The molecule has 12 heteroatoms. The van der Waals surface area contributed by atoms with Crippen LogP contribution in [0.3, 0.4) is 0 Å². The quantitative estimate of drug-likeness (QED) is 0.555. The maximum Gasteiger partial charge on any atom is 0.441 e. The van der Waals surface area contributed by atoms with Crippen LogP contribution in [-0.2, 0) is 0 Å². The number of alkyl halides is 3. The highest BCUT2D eigenvalue weighted by Crippen LogP contribution is 2.40. The second-order valence-corrected chi connectivity index (χ2v) is 6.97. The molecule has 0 amide bonds. The lowest BCUT2D eigenvalue weighted by atomic mass is 10.0. The van der Waals surface area contributed by atoms with Crippen molar-refractivity contribution in [2.45, 2.75) is 6.18 Å². The maximum atomic E-state index is 13.2. The van der Waals surface area contributed by atoms with Gasteiger partial charge in [-0.2, -0.15) is 13.2 Å². The average Bonchev–Trinajstić information content (AvgIpc) is 3.29. The van der Waals surface area contributed by atoms with Crippen LogP contribution in [-0.4, -0.2) is 49.4 Å². The highest BCUT2D eigenvalue weighted by atomic mass is 19.4. The number of halogens is 3. The van der Waals surface area contributed by atoms with Gasteiger partial charge in [-0.05, 0) is 17.7 Å². The molecule has 4 heterocycles. The molecule has 9 nitrogen and oxygen atoms in total.